The fraction of sp³-hybridized carbons (Fsp3) is 0.462. The Hall–Kier alpha value is -2.91. The van der Waals surface area contributed by atoms with Crippen molar-refractivity contribution in [2.75, 3.05) is 25.5 Å². The van der Waals surface area contributed by atoms with Crippen molar-refractivity contribution < 1.29 is 19.1 Å². The maximum atomic E-state index is 12.0. The second-order valence-corrected chi connectivity index (χ2v) is 4.44. The fourth-order valence-electron chi connectivity index (χ4n) is 1.76. The van der Waals surface area contributed by atoms with Gasteiger partial charge in [-0.05, 0) is 13.3 Å². The molecule has 3 N–H and O–H groups in total. The summed E-state index contributed by atoms with van der Waals surface area (Å²) in [7, 11) is 2.32. The molecule has 0 radical (unpaired) electrons. The number of nitrogens with zero attached hydrogens (tertiary/aromatic N) is 3. The minimum Gasteiger partial charge on any atom is -0.469 e. The third kappa shape index (κ3) is 4.28. The lowest BCUT2D eigenvalue weighted by Gasteiger charge is -2.11. The monoisotopic (exact) mass is 325 g/mol. The molecule has 0 atom stereocenters. The van der Waals surface area contributed by atoms with E-state index in [0.717, 1.165) is 11.8 Å². The lowest BCUT2D eigenvalue weighted by Crippen LogP contribution is -2.34. The molecule has 0 unspecified atom stereocenters. The smallest absolute Gasteiger partial charge is 0.354 e. The van der Waals surface area contributed by atoms with Crippen molar-refractivity contribution in [2.24, 2.45) is 5.10 Å². The number of nitrogen functional groups attached to an aromatic ring is 1. The maximum absolute atomic E-state index is 12.0. The highest BCUT2D eigenvalue weighted by atomic mass is 16.5. The Morgan fingerprint density at radius 3 is 2.52 bits per heavy atom. The maximum Gasteiger partial charge on any atom is 0.354 e. The summed E-state index contributed by atoms with van der Waals surface area (Å²) < 4.78 is 9.77. The van der Waals surface area contributed by atoms with E-state index in [0.29, 0.717) is 17.7 Å². The molecule has 23 heavy (non-hydrogen) atoms. The van der Waals surface area contributed by atoms with E-state index in [-0.39, 0.29) is 11.7 Å². The summed E-state index contributed by atoms with van der Waals surface area (Å²) in [5.74, 6) is 4.08. The van der Waals surface area contributed by atoms with Gasteiger partial charge >= 0.3 is 11.9 Å². The Kier molecular flexibility index (Phi) is 6.24. The van der Waals surface area contributed by atoms with E-state index in [1.54, 1.807) is 6.92 Å². The van der Waals surface area contributed by atoms with Gasteiger partial charge in [-0.25, -0.2) is 15.2 Å². The number of ether oxygens (including phenoxy) is 2. The Bertz CT molecular complexity index is 695. The van der Waals surface area contributed by atoms with Crippen molar-refractivity contribution in [1.82, 2.24) is 9.66 Å². The molecule has 126 valence electrons. The number of nitrogens with one attached hydrogen (secondary N) is 1. The normalized spacial score (nSPS) is 11.0. The molecule has 0 fully saturated rings. The molecule has 1 aromatic rings. The quantitative estimate of drug-likeness (QED) is 0.304. The van der Waals surface area contributed by atoms with Gasteiger partial charge < -0.3 is 15.3 Å². The molecule has 0 saturated carbocycles. The van der Waals surface area contributed by atoms with Crippen LogP contribution in [0.4, 0.5) is 5.95 Å². The van der Waals surface area contributed by atoms with Crippen LogP contribution in [0.25, 0.3) is 0 Å². The summed E-state index contributed by atoms with van der Waals surface area (Å²) in [5, 5.41) is 3.74. The summed E-state index contributed by atoms with van der Waals surface area (Å²) in [6.07, 6.45) is 0.0746. The molecule has 0 aromatic carbocycles. The van der Waals surface area contributed by atoms with Crippen LogP contribution in [0, 0.1) is 6.92 Å². The van der Waals surface area contributed by atoms with E-state index < -0.39 is 23.9 Å². The summed E-state index contributed by atoms with van der Waals surface area (Å²) in [6, 6.07) is 0. The van der Waals surface area contributed by atoms with Crippen LogP contribution in [0.5, 0.6) is 0 Å². The van der Waals surface area contributed by atoms with Gasteiger partial charge in [0.25, 0.3) is 5.56 Å². The first kappa shape index (κ1) is 18.1. The molecule has 1 heterocycles. The number of carbonyl (C=O) groups excluding carboxylic acids is 2. The first-order chi connectivity index (χ1) is 10.8. The van der Waals surface area contributed by atoms with Crippen LogP contribution in [-0.2, 0) is 25.5 Å². The topological polar surface area (TPSA) is 138 Å². The van der Waals surface area contributed by atoms with Crippen LogP contribution < -0.4 is 16.8 Å². The van der Waals surface area contributed by atoms with Crippen LogP contribution in [0.3, 0.4) is 0 Å². The number of esters is 2. The Balaban J connectivity index is 3.16. The van der Waals surface area contributed by atoms with Crippen molar-refractivity contribution in [2.45, 2.75) is 26.7 Å². The van der Waals surface area contributed by atoms with Crippen molar-refractivity contribution in [1.29, 1.82) is 0 Å². The Morgan fingerprint density at radius 2 is 2.00 bits per heavy atom. The summed E-state index contributed by atoms with van der Waals surface area (Å²) >= 11 is 0. The van der Waals surface area contributed by atoms with Crippen LogP contribution in [0.2, 0.25) is 0 Å². The zero-order valence-electron chi connectivity index (χ0n) is 13.4. The minimum atomic E-state index is -0.823. The number of nitrogens with two attached hydrogens (primary N) is 1. The standard InChI is InChI=1S/C13H19N5O5/c1-5-8-7(2)15-13(18(14)11(8)20)17-16-9(12(21)23-4)6-10(19)22-3/h5-6,14H2,1-4H3,(H,15,17)/b16-9+. The van der Waals surface area contributed by atoms with E-state index >= 15 is 0 Å². The molecule has 1 aromatic heterocycles. The first-order valence-electron chi connectivity index (χ1n) is 6.70. The van der Waals surface area contributed by atoms with E-state index in [1.165, 1.54) is 7.11 Å². The second kappa shape index (κ2) is 7.92. The number of hydrogen-bond acceptors (Lipinski definition) is 9. The third-order valence-electron chi connectivity index (χ3n) is 3.02. The number of anilines is 1. The van der Waals surface area contributed by atoms with Crippen LogP contribution >= 0.6 is 0 Å². The average molecular weight is 325 g/mol. The molecule has 1 rings (SSSR count). The van der Waals surface area contributed by atoms with Crippen molar-refractivity contribution in [3.05, 3.63) is 21.6 Å². The van der Waals surface area contributed by atoms with E-state index in [9.17, 15) is 14.4 Å². The highest BCUT2D eigenvalue weighted by molar-refractivity contribution is 6.39. The van der Waals surface area contributed by atoms with Gasteiger partial charge in [0.2, 0.25) is 5.95 Å². The predicted molar refractivity (Wildman–Crippen MR) is 82.5 cm³/mol. The fourth-order valence-corrected chi connectivity index (χ4v) is 1.76. The largest absolute Gasteiger partial charge is 0.469 e. The molecule has 0 spiro atoms. The molecular formula is C13H19N5O5. The van der Waals surface area contributed by atoms with Gasteiger partial charge in [0.15, 0.2) is 5.71 Å². The number of aromatic nitrogens is 2. The van der Waals surface area contributed by atoms with Gasteiger partial charge in [-0.3, -0.25) is 9.59 Å². The zero-order valence-corrected chi connectivity index (χ0v) is 13.4. The highest BCUT2D eigenvalue weighted by Gasteiger charge is 2.18. The number of rotatable bonds is 6. The number of aryl methyl sites for hydroxylation is 1. The first-order valence-corrected chi connectivity index (χ1v) is 6.70. The number of carbonyl (C=O) groups is 2. The van der Waals surface area contributed by atoms with Crippen LogP contribution in [-0.4, -0.2) is 41.5 Å². The zero-order chi connectivity index (χ0) is 17.6. The van der Waals surface area contributed by atoms with Crippen LogP contribution in [0.15, 0.2) is 9.90 Å². The second-order valence-electron chi connectivity index (χ2n) is 4.44. The lowest BCUT2D eigenvalue weighted by atomic mass is 10.2. The van der Waals surface area contributed by atoms with Gasteiger partial charge in [-0.2, -0.15) is 9.78 Å². The van der Waals surface area contributed by atoms with Gasteiger partial charge in [0.05, 0.1) is 26.3 Å². The molecule has 0 aliphatic heterocycles. The SMILES string of the molecule is CCc1c(C)nc(N/N=C(\CC(=O)OC)C(=O)OC)n(N)c1=O. The van der Waals surface area contributed by atoms with E-state index in [4.69, 9.17) is 5.84 Å². The predicted octanol–water partition coefficient (Wildman–Crippen LogP) is -0.668. The summed E-state index contributed by atoms with van der Waals surface area (Å²) in [6.45, 7) is 3.47. The average Bonchev–Trinajstić information content (AvgIpc) is 2.54. The minimum absolute atomic E-state index is 0.0732. The van der Waals surface area contributed by atoms with Gasteiger partial charge in [0.1, 0.15) is 0 Å². The van der Waals surface area contributed by atoms with Crippen molar-refractivity contribution in [3.63, 3.8) is 0 Å². The molecule has 0 aliphatic carbocycles. The molecule has 0 aliphatic rings. The van der Waals surface area contributed by atoms with E-state index in [1.807, 2.05) is 6.92 Å². The molecule has 10 heteroatoms. The van der Waals surface area contributed by atoms with Crippen LogP contribution in [0.1, 0.15) is 24.6 Å². The molecule has 0 saturated heterocycles. The number of methoxy groups -OCH3 is 2. The van der Waals surface area contributed by atoms with Crippen molar-refractivity contribution >= 4 is 23.6 Å². The van der Waals surface area contributed by atoms with Gasteiger partial charge in [-0.1, -0.05) is 6.92 Å². The molecule has 10 nitrogen and oxygen atoms in total. The molecular weight excluding hydrogens is 306 g/mol. The summed E-state index contributed by atoms with van der Waals surface area (Å²) in [4.78, 5) is 39.0. The lowest BCUT2D eigenvalue weighted by molar-refractivity contribution is -0.140. The molecule has 0 bridgehead atoms. The third-order valence-corrected chi connectivity index (χ3v) is 3.02. The van der Waals surface area contributed by atoms with Gasteiger partial charge in [0, 0.05) is 5.56 Å². The summed E-state index contributed by atoms with van der Waals surface area (Å²) in [5.41, 5.74) is 2.69. The van der Waals surface area contributed by atoms with E-state index in [2.05, 4.69) is 25.0 Å². The van der Waals surface area contributed by atoms with Gasteiger partial charge in [-0.15, -0.1) is 0 Å². The number of hydrogen-bond donors (Lipinski definition) is 2. The van der Waals surface area contributed by atoms with Crippen molar-refractivity contribution in [3.8, 4) is 0 Å². The highest BCUT2D eigenvalue weighted by Crippen LogP contribution is 2.05. The number of hydrazone groups is 1. The Morgan fingerprint density at radius 1 is 1.35 bits per heavy atom. The Labute approximate surface area is 132 Å². The molecule has 0 amide bonds.